The van der Waals surface area contributed by atoms with E-state index in [9.17, 15) is 4.79 Å². The number of aromatic nitrogens is 2. The van der Waals surface area contributed by atoms with Crippen molar-refractivity contribution in [3.8, 4) is 0 Å². The first-order chi connectivity index (χ1) is 11.3. The van der Waals surface area contributed by atoms with Crippen LogP contribution in [-0.2, 0) is 24.2 Å². The van der Waals surface area contributed by atoms with Crippen LogP contribution in [-0.4, -0.2) is 32.9 Å². The molecule has 0 spiro atoms. The van der Waals surface area contributed by atoms with Crippen molar-refractivity contribution >= 4 is 6.09 Å². The minimum absolute atomic E-state index is 0.212. The second kappa shape index (κ2) is 6.77. The molecular formula is C19H31N3O2. The minimum atomic E-state index is -0.449. The van der Waals surface area contributed by atoms with E-state index in [1.807, 2.05) is 25.7 Å². The van der Waals surface area contributed by atoms with Gasteiger partial charge in [-0.25, -0.2) is 4.79 Å². The monoisotopic (exact) mass is 333 g/mol. The summed E-state index contributed by atoms with van der Waals surface area (Å²) in [7, 11) is 0. The summed E-state index contributed by atoms with van der Waals surface area (Å²) in [6.45, 7) is 10.2. The molecule has 134 valence electrons. The highest BCUT2D eigenvalue weighted by Crippen LogP contribution is 2.28. The number of ether oxygens (including phenoxy) is 1. The summed E-state index contributed by atoms with van der Waals surface area (Å²) in [6.07, 6.45) is 7.35. The van der Waals surface area contributed by atoms with Gasteiger partial charge in [-0.3, -0.25) is 4.68 Å². The number of rotatable bonds is 2. The normalized spacial score (nSPS) is 19.2. The zero-order valence-corrected chi connectivity index (χ0v) is 15.6. The van der Waals surface area contributed by atoms with Crippen LogP contribution in [0.2, 0.25) is 0 Å². The molecule has 0 atom stereocenters. The largest absolute Gasteiger partial charge is 0.444 e. The molecule has 1 aliphatic heterocycles. The molecule has 1 aromatic rings. The molecule has 0 radical (unpaired) electrons. The van der Waals surface area contributed by atoms with Gasteiger partial charge in [0.05, 0.1) is 17.9 Å². The topological polar surface area (TPSA) is 47.4 Å². The zero-order valence-electron chi connectivity index (χ0n) is 15.6. The van der Waals surface area contributed by atoms with Gasteiger partial charge in [0.1, 0.15) is 5.60 Å². The molecule has 0 N–H and O–H groups in total. The Hall–Kier alpha value is -1.52. The molecule has 24 heavy (non-hydrogen) atoms. The predicted molar refractivity (Wildman–Crippen MR) is 93.9 cm³/mol. The van der Waals surface area contributed by atoms with Crippen LogP contribution in [0, 0.1) is 12.8 Å². The van der Waals surface area contributed by atoms with Crippen LogP contribution in [0.5, 0.6) is 0 Å². The van der Waals surface area contributed by atoms with Gasteiger partial charge in [0.2, 0.25) is 0 Å². The van der Waals surface area contributed by atoms with E-state index in [0.717, 1.165) is 31.1 Å². The summed E-state index contributed by atoms with van der Waals surface area (Å²) >= 11 is 0. The van der Waals surface area contributed by atoms with Crippen LogP contribution in [0.3, 0.4) is 0 Å². The Morgan fingerprint density at radius 3 is 2.62 bits per heavy atom. The Balaban J connectivity index is 1.73. The number of carbonyl (C=O) groups excluding carboxylic acids is 1. The van der Waals surface area contributed by atoms with Crippen molar-refractivity contribution in [2.75, 3.05) is 6.54 Å². The third-order valence-electron chi connectivity index (χ3n) is 5.15. The molecule has 0 saturated heterocycles. The van der Waals surface area contributed by atoms with Gasteiger partial charge in [-0.05, 0) is 58.4 Å². The van der Waals surface area contributed by atoms with Crippen molar-refractivity contribution in [3.05, 3.63) is 17.0 Å². The maximum atomic E-state index is 12.4. The van der Waals surface area contributed by atoms with Gasteiger partial charge in [0, 0.05) is 13.1 Å². The van der Waals surface area contributed by atoms with E-state index in [4.69, 9.17) is 9.84 Å². The highest BCUT2D eigenvalue weighted by Gasteiger charge is 2.29. The summed E-state index contributed by atoms with van der Waals surface area (Å²) < 4.78 is 7.72. The van der Waals surface area contributed by atoms with Crippen molar-refractivity contribution in [2.45, 2.75) is 84.9 Å². The maximum Gasteiger partial charge on any atom is 0.410 e. The summed E-state index contributed by atoms with van der Waals surface area (Å²) in [5.74, 6) is 0.735. The minimum Gasteiger partial charge on any atom is -0.444 e. The number of aryl methyl sites for hydroxylation is 1. The average molecular weight is 333 g/mol. The lowest BCUT2D eigenvalue weighted by Gasteiger charge is -2.31. The molecule has 1 aromatic heterocycles. The number of nitrogens with zero attached hydrogens (tertiary/aromatic N) is 3. The lowest BCUT2D eigenvalue weighted by Crippen LogP contribution is -2.40. The second-order valence-corrected chi connectivity index (χ2v) is 8.35. The van der Waals surface area contributed by atoms with E-state index in [1.54, 1.807) is 0 Å². The Kier molecular flexibility index (Phi) is 4.88. The van der Waals surface area contributed by atoms with Gasteiger partial charge in [0.15, 0.2) is 0 Å². The molecule has 5 nitrogen and oxygen atoms in total. The van der Waals surface area contributed by atoms with Crippen LogP contribution in [0.4, 0.5) is 4.79 Å². The molecule has 1 saturated carbocycles. The van der Waals surface area contributed by atoms with E-state index >= 15 is 0 Å². The van der Waals surface area contributed by atoms with E-state index in [2.05, 4.69) is 11.6 Å². The van der Waals surface area contributed by atoms with Crippen LogP contribution in [0.25, 0.3) is 0 Å². The highest BCUT2D eigenvalue weighted by atomic mass is 16.6. The fraction of sp³-hybridized carbons (Fsp3) is 0.789. The lowest BCUT2D eigenvalue weighted by molar-refractivity contribution is 0.0218. The second-order valence-electron chi connectivity index (χ2n) is 8.35. The van der Waals surface area contributed by atoms with Crippen LogP contribution >= 0.6 is 0 Å². The quantitative estimate of drug-likeness (QED) is 0.820. The number of carbonyl (C=O) groups is 1. The molecule has 1 amide bonds. The lowest BCUT2D eigenvalue weighted by atomic mass is 9.89. The van der Waals surface area contributed by atoms with E-state index in [-0.39, 0.29) is 6.09 Å². The van der Waals surface area contributed by atoms with Crippen molar-refractivity contribution in [3.63, 3.8) is 0 Å². The molecular weight excluding hydrogens is 302 g/mol. The fourth-order valence-electron chi connectivity index (χ4n) is 3.92. The molecule has 3 rings (SSSR count). The molecule has 2 aliphatic rings. The smallest absolute Gasteiger partial charge is 0.410 e. The van der Waals surface area contributed by atoms with Gasteiger partial charge in [-0.1, -0.05) is 19.3 Å². The SMILES string of the molecule is Cc1nn(CC2CCCCC2)c2c1CCN(C(=O)OC(C)(C)C)C2. The van der Waals surface area contributed by atoms with Crippen molar-refractivity contribution in [2.24, 2.45) is 5.92 Å². The predicted octanol–water partition coefficient (Wildman–Crippen LogP) is 4.07. The van der Waals surface area contributed by atoms with Crippen LogP contribution in [0.1, 0.15) is 69.8 Å². The van der Waals surface area contributed by atoms with Gasteiger partial charge >= 0.3 is 6.09 Å². The Bertz CT molecular complexity index is 594. The van der Waals surface area contributed by atoms with E-state index < -0.39 is 5.60 Å². The Morgan fingerprint density at radius 2 is 1.96 bits per heavy atom. The fourth-order valence-corrected chi connectivity index (χ4v) is 3.92. The molecule has 0 bridgehead atoms. The Labute approximate surface area is 145 Å². The number of fused-ring (bicyclic) bond motifs is 1. The van der Waals surface area contributed by atoms with E-state index in [0.29, 0.717) is 6.54 Å². The summed E-state index contributed by atoms with van der Waals surface area (Å²) in [5, 5.41) is 4.79. The van der Waals surface area contributed by atoms with Crippen LogP contribution in [0.15, 0.2) is 0 Å². The standard InChI is InChI=1S/C19H31N3O2/c1-14-16-10-11-21(18(23)24-19(2,3)4)13-17(16)22(20-14)12-15-8-6-5-7-9-15/h15H,5-13H2,1-4H3. The molecule has 0 unspecified atom stereocenters. The molecule has 5 heteroatoms. The third kappa shape index (κ3) is 3.93. The van der Waals surface area contributed by atoms with Gasteiger partial charge in [-0.15, -0.1) is 0 Å². The molecule has 2 heterocycles. The average Bonchev–Trinajstić information content (AvgIpc) is 2.82. The number of hydrogen-bond acceptors (Lipinski definition) is 3. The third-order valence-corrected chi connectivity index (χ3v) is 5.15. The van der Waals surface area contributed by atoms with Crippen molar-refractivity contribution in [1.82, 2.24) is 14.7 Å². The molecule has 1 aliphatic carbocycles. The first-order valence-corrected chi connectivity index (χ1v) is 9.36. The Morgan fingerprint density at radius 1 is 1.25 bits per heavy atom. The molecule has 0 aromatic carbocycles. The first kappa shape index (κ1) is 17.3. The highest BCUT2D eigenvalue weighted by molar-refractivity contribution is 5.68. The summed E-state index contributed by atoms with van der Waals surface area (Å²) in [5.41, 5.74) is 3.24. The zero-order chi connectivity index (χ0) is 17.3. The van der Waals surface area contributed by atoms with Gasteiger partial charge < -0.3 is 9.64 Å². The van der Waals surface area contributed by atoms with Crippen molar-refractivity contribution in [1.29, 1.82) is 0 Å². The number of amides is 1. The summed E-state index contributed by atoms with van der Waals surface area (Å²) in [6, 6.07) is 0. The summed E-state index contributed by atoms with van der Waals surface area (Å²) in [4.78, 5) is 14.2. The first-order valence-electron chi connectivity index (χ1n) is 9.36. The van der Waals surface area contributed by atoms with E-state index in [1.165, 1.54) is 43.4 Å². The maximum absolute atomic E-state index is 12.4. The number of hydrogen-bond donors (Lipinski definition) is 0. The van der Waals surface area contributed by atoms with Gasteiger partial charge in [0.25, 0.3) is 0 Å². The van der Waals surface area contributed by atoms with Crippen molar-refractivity contribution < 1.29 is 9.53 Å². The van der Waals surface area contributed by atoms with Crippen LogP contribution < -0.4 is 0 Å². The van der Waals surface area contributed by atoms with Gasteiger partial charge in [-0.2, -0.15) is 5.10 Å². The molecule has 1 fully saturated rings.